The van der Waals surface area contributed by atoms with E-state index in [1.807, 2.05) is 14.0 Å². The van der Waals surface area contributed by atoms with E-state index in [9.17, 15) is 4.79 Å². The lowest BCUT2D eigenvalue weighted by atomic mass is 9.87. The van der Waals surface area contributed by atoms with Crippen LogP contribution in [0.25, 0.3) is 0 Å². The lowest BCUT2D eigenvalue weighted by Crippen LogP contribution is -2.27. The van der Waals surface area contributed by atoms with E-state index in [1.54, 1.807) is 4.68 Å². The molecule has 2 rings (SSSR count). The van der Waals surface area contributed by atoms with Gasteiger partial charge in [-0.25, -0.2) is 0 Å². The molecule has 1 aromatic heterocycles. The number of aryl methyl sites for hydroxylation is 2. The van der Waals surface area contributed by atoms with Crippen molar-refractivity contribution in [2.75, 3.05) is 7.11 Å². The summed E-state index contributed by atoms with van der Waals surface area (Å²) >= 11 is 6.31. The Kier molecular flexibility index (Phi) is 5.65. The van der Waals surface area contributed by atoms with Gasteiger partial charge in [-0.3, -0.25) is 9.48 Å². The van der Waals surface area contributed by atoms with Crippen molar-refractivity contribution in [3.05, 3.63) is 16.4 Å². The predicted molar refractivity (Wildman–Crippen MR) is 80.1 cm³/mol. The van der Waals surface area contributed by atoms with Gasteiger partial charge in [0.2, 0.25) is 0 Å². The highest BCUT2D eigenvalue weighted by molar-refractivity contribution is 6.31. The molecule has 0 radical (unpaired) electrons. The van der Waals surface area contributed by atoms with Gasteiger partial charge in [0, 0.05) is 7.05 Å². The van der Waals surface area contributed by atoms with E-state index in [-0.39, 0.29) is 18.0 Å². The molecule has 5 nitrogen and oxygen atoms in total. The fourth-order valence-electron chi connectivity index (χ4n) is 2.81. The first-order chi connectivity index (χ1) is 10.1. The highest BCUT2D eigenvalue weighted by Gasteiger charge is 2.27. The molecule has 6 heteroatoms. The molecule has 0 N–H and O–H groups in total. The monoisotopic (exact) mass is 314 g/mol. The van der Waals surface area contributed by atoms with Gasteiger partial charge in [0.25, 0.3) is 0 Å². The van der Waals surface area contributed by atoms with Crippen LogP contribution in [0.4, 0.5) is 0 Å². The third-order valence-electron chi connectivity index (χ3n) is 4.17. The lowest BCUT2D eigenvalue weighted by Gasteiger charge is -2.27. The zero-order chi connectivity index (χ0) is 15.4. The Hall–Kier alpha value is -1.07. The van der Waals surface area contributed by atoms with Gasteiger partial charge in [-0.2, -0.15) is 5.10 Å². The molecule has 1 aliphatic rings. The Bertz CT molecular complexity index is 493. The highest BCUT2D eigenvalue weighted by Crippen LogP contribution is 2.29. The van der Waals surface area contributed by atoms with Crippen molar-refractivity contribution in [2.45, 2.75) is 51.7 Å². The van der Waals surface area contributed by atoms with Crippen LogP contribution in [0.2, 0.25) is 5.02 Å². The minimum atomic E-state index is -0.101. The summed E-state index contributed by atoms with van der Waals surface area (Å²) in [6.07, 6.45) is 4.43. The number of hydrogen-bond acceptors (Lipinski definition) is 4. The number of ether oxygens (including phenoxy) is 2. The molecule has 0 aromatic carbocycles. The van der Waals surface area contributed by atoms with Crippen LogP contribution in [0.1, 0.15) is 44.0 Å². The maximum atomic E-state index is 11.5. The molecule has 0 unspecified atom stereocenters. The summed E-state index contributed by atoms with van der Waals surface area (Å²) in [5.74, 6) is -0.0717. The number of hydrogen-bond donors (Lipinski definition) is 0. The normalized spacial score (nSPS) is 22.3. The highest BCUT2D eigenvalue weighted by atomic mass is 35.5. The quantitative estimate of drug-likeness (QED) is 0.784. The van der Waals surface area contributed by atoms with E-state index >= 15 is 0 Å². The molecule has 118 valence electrons. The van der Waals surface area contributed by atoms with Crippen molar-refractivity contribution in [3.8, 4) is 0 Å². The van der Waals surface area contributed by atoms with Crippen LogP contribution in [0.5, 0.6) is 0 Å². The fraction of sp³-hybridized carbons (Fsp3) is 0.733. The maximum Gasteiger partial charge on any atom is 0.308 e. The van der Waals surface area contributed by atoms with Gasteiger partial charge >= 0.3 is 5.97 Å². The molecule has 1 saturated carbocycles. The number of carbonyl (C=O) groups excluding carboxylic acids is 1. The first-order valence-corrected chi connectivity index (χ1v) is 7.84. The van der Waals surface area contributed by atoms with Gasteiger partial charge in [-0.1, -0.05) is 18.5 Å². The number of carbonyl (C=O) groups is 1. The molecule has 0 amide bonds. The summed E-state index contributed by atoms with van der Waals surface area (Å²) in [5.41, 5.74) is 1.83. The minimum absolute atomic E-state index is 0.0295. The van der Waals surface area contributed by atoms with Crippen molar-refractivity contribution in [1.82, 2.24) is 9.78 Å². The Balaban J connectivity index is 1.85. The van der Waals surface area contributed by atoms with Crippen molar-refractivity contribution in [1.29, 1.82) is 0 Å². The van der Waals surface area contributed by atoms with Gasteiger partial charge in [0.15, 0.2) is 0 Å². The van der Waals surface area contributed by atoms with Crippen molar-refractivity contribution >= 4 is 17.6 Å². The fourth-order valence-corrected chi connectivity index (χ4v) is 3.15. The largest absolute Gasteiger partial charge is 0.469 e. The summed E-state index contributed by atoms with van der Waals surface area (Å²) in [6, 6.07) is 0. The molecular formula is C15H23ClN2O3. The van der Waals surface area contributed by atoms with E-state index in [4.69, 9.17) is 21.1 Å². The SMILES string of the molecule is CCc1nn(C)c(COC2CCC(C(=O)OC)CC2)c1Cl. The van der Waals surface area contributed by atoms with Gasteiger partial charge < -0.3 is 9.47 Å². The van der Waals surface area contributed by atoms with E-state index in [2.05, 4.69) is 5.10 Å². The average Bonchev–Trinajstić information content (AvgIpc) is 2.79. The van der Waals surface area contributed by atoms with E-state index in [0.717, 1.165) is 43.5 Å². The molecule has 1 heterocycles. The standard InChI is InChI=1S/C15H23ClN2O3/c1-4-12-14(16)13(18(2)17-12)9-21-11-7-5-10(6-8-11)15(19)20-3/h10-11H,4-9H2,1-3H3. The van der Waals surface area contributed by atoms with Crippen LogP contribution in [-0.2, 0) is 34.3 Å². The Morgan fingerprint density at radius 3 is 2.57 bits per heavy atom. The van der Waals surface area contributed by atoms with Crippen molar-refractivity contribution < 1.29 is 14.3 Å². The minimum Gasteiger partial charge on any atom is -0.469 e. The van der Waals surface area contributed by atoms with Crippen LogP contribution in [0, 0.1) is 5.92 Å². The van der Waals surface area contributed by atoms with Crippen molar-refractivity contribution in [2.24, 2.45) is 13.0 Å². The van der Waals surface area contributed by atoms with Gasteiger partial charge in [-0.15, -0.1) is 0 Å². The number of nitrogens with zero attached hydrogens (tertiary/aromatic N) is 2. The van der Waals surface area contributed by atoms with E-state index in [1.165, 1.54) is 7.11 Å². The van der Waals surface area contributed by atoms with Crippen LogP contribution in [0.3, 0.4) is 0 Å². The second-order valence-corrected chi connectivity index (χ2v) is 5.87. The molecule has 0 aliphatic heterocycles. The van der Waals surface area contributed by atoms with Crippen LogP contribution in [-0.4, -0.2) is 29.0 Å². The van der Waals surface area contributed by atoms with Gasteiger partial charge in [-0.05, 0) is 32.1 Å². The summed E-state index contributed by atoms with van der Waals surface area (Å²) in [5, 5.41) is 5.09. The van der Waals surface area contributed by atoms with Gasteiger partial charge in [0.1, 0.15) is 0 Å². The molecule has 0 spiro atoms. The zero-order valence-corrected chi connectivity index (χ0v) is 13.7. The van der Waals surface area contributed by atoms with E-state index < -0.39 is 0 Å². The second-order valence-electron chi connectivity index (χ2n) is 5.49. The number of aromatic nitrogens is 2. The molecular weight excluding hydrogens is 292 g/mol. The lowest BCUT2D eigenvalue weighted by molar-refractivity contribution is -0.147. The number of esters is 1. The molecule has 1 aliphatic carbocycles. The second kappa shape index (κ2) is 7.27. The first-order valence-electron chi connectivity index (χ1n) is 7.46. The number of rotatable bonds is 5. The molecule has 0 atom stereocenters. The van der Waals surface area contributed by atoms with Gasteiger partial charge in [0.05, 0.1) is 42.1 Å². The molecule has 1 aromatic rings. The van der Waals surface area contributed by atoms with Crippen molar-refractivity contribution in [3.63, 3.8) is 0 Å². The Morgan fingerprint density at radius 2 is 2.05 bits per heavy atom. The first kappa shape index (κ1) is 16.3. The molecule has 0 saturated heterocycles. The molecule has 21 heavy (non-hydrogen) atoms. The Morgan fingerprint density at radius 1 is 1.38 bits per heavy atom. The topological polar surface area (TPSA) is 53.4 Å². The maximum absolute atomic E-state index is 11.5. The molecule has 1 fully saturated rings. The summed E-state index contributed by atoms with van der Waals surface area (Å²) in [4.78, 5) is 11.5. The van der Waals surface area contributed by atoms with Crippen LogP contribution in [0.15, 0.2) is 0 Å². The number of halogens is 1. The third kappa shape index (κ3) is 3.77. The third-order valence-corrected chi connectivity index (χ3v) is 4.60. The Labute approximate surface area is 130 Å². The van der Waals surface area contributed by atoms with E-state index in [0.29, 0.717) is 11.6 Å². The zero-order valence-electron chi connectivity index (χ0n) is 12.9. The summed E-state index contributed by atoms with van der Waals surface area (Å²) in [6.45, 7) is 2.50. The predicted octanol–water partition coefficient (Wildman–Crippen LogP) is 2.88. The smallest absolute Gasteiger partial charge is 0.308 e. The van der Waals surface area contributed by atoms with Crippen LogP contribution < -0.4 is 0 Å². The summed E-state index contributed by atoms with van der Waals surface area (Å²) < 4.78 is 12.5. The molecule has 0 bridgehead atoms. The summed E-state index contributed by atoms with van der Waals surface area (Å²) in [7, 11) is 3.33. The van der Waals surface area contributed by atoms with Crippen LogP contribution >= 0.6 is 11.6 Å². The average molecular weight is 315 g/mol. The number of methoxy groups -OCH3 is 1.